The van der Waals surface area contributed by atoms with Crippen molar-refractivity contribution >= 4 is 28.8 Å². The fraction of sp³-hybridized carbons (Fsp3) is 0.312. The number of halogens is 1. The Labute approximate surface area is 133 Å². The van der Waals surface area contributed by atoms with Crippen LogP contribution in [0.25, 0.3) is 0 Å². The van der Waals surface area contributed by atoms with Crippen LogP contribution in [0.3, 0.4) is 0 Å². The Morgan fingerprint density at radius 2 is 2.19 bits per heavy atom. The molecule has 2 rings (SSSR count). The van der Waals surface area contributed by atoms with Gasteiger partial charge >= 0.3 is 0 Å². The molecule has 0 aliphatic carbocycles. The summed E-state index contributed by atoms with van der Waals surface area (Å²) in [5.41, 5.74) is 0.731. The Morgan fingerprint density at radius 3 is 2.81 bits per heavy atom. The first kappa shape index (κ1) is 15.9. The zero-order valence-corrected chi connectivity index (χ0v) is 13.6. The summed E-state index contributed by atoms with van der Waals surface area (Å²) < 4.78 is 0. The molecule has 1 aromatic heterocycles. The third-order valence-corrected chi connectivity index (χ3v) is 4.76. The van der Waals surface area contributed by atoms with Crippen LogP contribution >= 0.6 is 22.9 Å². The second kappa shape index (κ2) is 6.96. The van der Waals surface area contributed by atoms with Crippen LogP contribution in [0, 0.1) is 0 Å². The average Bonchev–Trinajstić information content (AvgIpc) is 2.93. The highest BCUT2D eigenvalue weighted by Crippen LogP contribution is 2.22. The maximum Gasteiger partial charge on any atom is 0.227 e. The zero-order valence-electron chi connectivity index (χ0n) is 12.0. The molecule has 112 valence electrons. The van der Waals surface area contributed by atoms with Crippen molar-refractivity contribution in [3.8, 4) is 5.75 Å². The fourth-order valence-corrected chi connectivity index (χ4v) is 3.14. The zero-order chi connectivity index (χ0) is 15.4. The van der Waals surface area contributed by atoms with Crippen molar-refractivity contribution < 1.29 is 9.90 Å². The van der Waals surface area contributed by atoms with Gasteiger partial charge in [-0.2, -0.15) is 0 Å². The number of likely N-dealkylation sites (N-methyl/N-ethyl adjacent to an activating group) is 1. The first-order valence-corrected chi connectivity index (χ1v) is 7.98. The van der Waals surface area contributed by atoms with Crippen molar-refractivity contribution in [3.05, 3.63) is 51.2 Å². The highest BCUT2D eigenvalue weighted by Gasteiger charge is 2.18. The van der Waals surface area contributed by atoms with E-state index in [-0.39, 0.29) is 24.1 Å². The Morgan fingerprint density at radius 1 is 1.43 bits per heavy atom. The number of aromatic hydroxyl groups is 1. The molecule has 21 heavy (non-hydrogen) atoms. The maximum absolute atomic E-state index is 12.3. The van der Waals surface area contributed by atoms with E-state index in [0.717, 1.165) is 12.0 Å². The first-order valence-electron chi connectivity index (χ1n) is 6.73. The normalized spacial score (nSPS) is 12.1. The number of nitrogens with zero attached hydrogens (tertiary/aromatic N) is 1. The van der Waals surface area contributed by atoms with E-state index in [1.54, 1.807) is 28.4 Å². The van der Waals surface area contributed by atoms with Gasteiger partial charge in [-0.25, -0.2) is 0 Å². The number of benzene rings is 1. The Balaban J connectivity index is 1.98. The van der Waals surface area contributed by atoms with Crippen LogP contribution in [0.1, 0.15) is 17.4 Å². The van der Waals surface area contributed by atoms with E-state index in [4.69, 9.17) is 11.6 Å². The number of carbonyl (C=O) groups is 1. The predicted octanol–water partition coefficient (Wildman–Crippen LogP) is 3.74. The molecule has 1 heterocycles. The average molecular weight is 324 g/mol. The summed E-state index contributed by atoms with van der Waals surface area (Å²) in [6.45, 7) is 2.04. The van der Waals surface area contributed by atoms with Crippen molar-refractivity contribution in [2.24, 2.45) is 0 Å². The van der Waals surface area contributed by atoms with Crippen LogP contribution in [0.4, 0.5) is 0 Å². The van der Waals surface area contributed by atoms with Crippen molar-refractivity contribution in [2.45, 2.75) is 25.8 Å². The van der Waals surface area contributed by atoms with Crippen molar-refractivity contribution in [1.29, 1.82) is 0 Å². The van der Waals surface area contributed by atoms with Crippen molar-refractivity contribution in [1.82, 2.24) is 4.90 Å². The summed E-state index contributed by atoms with van der Waals surface area (Å²) in [4.78, 5) is 15.3. The lowest BCUT2D eigenvalue weighted by Gasteiger charge is -2.25. The summed E-state index contributed by atoms with van der Waals surface area (Å²) >= 11 is 7.75. The molecule has 3 nitrogen and oxygen atoms in total. The second-order valence-corrected chi connectivity index (χ2v) is 6.53. The number of phenols is 1. The van der Waals surface area contributed by atoms with E-state index in [1.807, 2.05) is 25.4 Å². The number of phenolic OH excluding ortho intramolecular Hbond substituents is 1. The third-order valence-electron chi connectivity index (χ3n) is 3.51. The quantitative estimate of drug-likeness (QED) is 0.910. The molecule has 0 aliphatic heterocycles. The van der Waals surface area contributed by atoms with Crippen LogP contribution in [0.15, 0.2) is 35.7 Å². The molecule has 0 fully saturated rings. The van der Waals surface area contributed by atoms with Crippen molar-refractivity contribution in [2.75, 3.05) is 7.05 Å². The van der Waals surface area contributed by atoms with Gasteiger partial charge in [0.15, 0.2) is 0 Å². The summed E-state index contributed by atoms with van der Waals surface area (Å²) in [6, 6.07) is 8.92. The van der Waals surface area contributed by atoms with E-state index in [0.29, 0.717) is 5.02 Å². The molecule has 0 radical (unpaired) electrons. The number of thiophene rings is 1. The molecule has 0 unspecified atom stereocenters. The highest BCUT2D eigenvalue weighted by molar-refractivity contribution is 7.09. The molecule has 0 saturated carbocycles. The van der Waals surface area contributed by atoms with E-state index in [9.17, 15) is 9.90 Å². The number of hydrogen-bond acceptors (Lipinski definition) is 3. The standard InChI is InChI=1S/C16H18ClNO2S/c1-11(8-14-4-3-7-21-14)18(2)16(20)9-12-5-6-13(19)10-15(12)17/h3-7,10-11,19H,8-9H2,1-2H3/t11-/m1/s1. The largest absolute Gasteiger partial charge is 0.508 e. The van der Waals surface area contributed by atoms with E-state index in [1.165, 1.54) is 10.9 Å². The topological polar surface area (TPSA) is 40.5 Å². The van der Waals surface area contributed by atoms with Crippen LogP contribution in [0.5, 0.6) is 5.75 Å². The van der Waals surface area contributed by atoms with Gasteiger partial charge in [0.1, 0.15) is 5.75 Å². The van der Waals surface area contributed by atoms with E-state index >= 15 is 0 Å². The highest BCUT2D eigenvalue weighted by atomic mass is 35.5. The minimum atomic E-state index is 0.0200. The monoisotopic (exact) mass is 323 g/mol. The van der Waals surface area contributed by atoms with E-state index < -0.39 is 0 Å². The summed E-state index contributed by atoms with van der Waals surface area (Å²) in [7, 11) is 1.81. The molecule has 0 spiro atoms. The molecule has 1 aromatic carbocycles. The van der Waals surface area contributed by atoms with Crippen LogP contribution < -0.4 is 0 Å². The number of carbonyl (C=O) groups excluding carboxylic acids is 1. The molecular formula is C16H18ClNO2S. The Kier molecular flexibility index (Phi) is 5.26. The summed E-state index contributed by atoms with van der Waals surface area (Å²) in [6.07, 6.45) is 1.09. The van der Waals surface area contributed by atoms with Gasteiger partial charge in [-0.15, -0.1) is 11.3 Å². The predicted molar refractivity (Wildman–Crippen MR) is 87.1 cm³/mol. The minimum absolute atomic E-state index is 0.0200. The lowest BCUT2D eigenvalue weighted by Crippen LogP contribution is -2.37. The molecule has 0 saturated heterocycles. The Bertz CT molecular complexity index is 613. The van der Waals surface area contributed by atoms with Crippen LogP contribution in [0.2, 0.25) is 5.02 Å². The summed E-state index contributed by atoms with van der Waals surface area (Å²) in [5, 5.41) is 11.8. The number of rotatable bonds is 5. The van der Waals surface area contributed by atoms with Gasteiger partial charge in [-0.3, -0.25) is 4.79 Å². The first-order chi connectivity index (χ1) is 9.97. The number of amides is 1. The number of hydrogen-bond donors (Lipinski definition) is 1. The SMILES string of the molecule is C[C@H](Cc1cccs1)N(C)C(=O)Cc1ccc(O)cc1Cl. The molecule has 2 aromatic rings. The lowest BCUT2D eigenvalue weighted by atomic mass is 10.1. The smallest absolute Gasteiger partial charge is 0.227 e. The van der Waals surface area contributed by atoms with Gasteiger partial charge in [-0.1, -0.05) is 23.7 Å². The molecule has 0 aliphatic rings. The van der Waals surface area contributed by atoms with Crippen LogP contribution in [-0.4, -0.2) is 29.0 Å². The van der Waals surface area contributed by atoms with Crippen molar-refractivity contribution in [3.63, 3.8) is 0 Å². The van der Waals surface area contributed by atoms with Gasteiger partial charge in [0.05, 0.1) is 6.42 Å². The molecule has 1 atom stereocenters. The van der Waals surface area contributed by atoms with Gasteiger partial charge in [-0.05, 0) is 36.1 Å². The third kappa shape index (κ3) is 4.22. The Hall–Kier alpha value is -1.52. The molecular weight excluding hydrogens is 306 g/mol. The van der Waals surface area contributed by atoms with Crippen LogP contribution in [-0.2, 0) is 17.6 Å². The maximum atomic E-state index is 12.3. The fourth-order valence-electron chi connectivity index (χ4n) is 2.07. The van der Waals surface area contributed by atoms with Gasteiger partial charge in [0.2, 0.25) is 5.91 Å². The minimum Gasteiger partial charge on any atom is -0.508 e. The van der Waals surface area contributed by atoms with Gasteiger partial charge < -0.3 is 10.0 Å². The molecule has 5 heteroatoms. The van der Waals surface area contributed by atoms with Gasteiger partial charge in [0, 0.05) is 29.4 Å². The van der Waals surface area contributed by atoms with E-state index in [2.05, 4.69) is 6.07 Å². The second-order valence-electron chi connectivity index (χ2n) is 5.09. The van der Waals surface area contributed by atoms with Gasteiger partial charge in [0.25, 0.3) is 0 Å². The molecule has 1 N–H and O–H groups in total. The molecule has 0 bridgehead atoms. The lowest BCUT2D eigenvalue weighted by molar-refractivity contribution is -0.130. The summed E-state index contributed by atoms with van der Waals surface area (Å²) in [5.74, 6) is 0.127. The molecule has 1 amide bonds.